The molecule has 0 aliphatic carbocycles. The first-order valence-electron chi connectivity index (χ1n) is 8.84. The zero-order valence-electron chi connectivity index (χ0n) is 14.6. The van der Waals surface area contributed by atoms with Crippen LogP contribution in [0.1, 0.15) is 23.1 Å². The molecule has 4 rings (SSSR count). The van der Waals surface area contributed by atoms with Crippen molar-refractivity contribution in [1.29, 1.82) is 0 Å². The number of rotatable bonds is 3. The Balaban J connectivity index is 1.72. The highest BCUT2D eigenvalue weighted by molar-refractivity contribution is 9.10. The summed E-state index contributed by atoms with van der Waals surface area (Å²) in [6.45, 7) is 0. The van der Waals surface area contributed by atoms with Crippen LogP contribution in [0, 0.1) is 0 Å². The summed E-state index contributed by atoms with van der Waals surface area (Å²) in [6, 6.07) is 21.5. The number of nitrogens with zero attached hydrogens (tertiary/aromatic N) is 2. The fraction of sp³-hybridized carbons (Fsp3) is 0.136. The Morgan fingerprint density at radius 1 is 1.04 bits per heavy atom. The molecule has 0 saturated carbocycles. The molecule has 1 atom stereocenters. The van der Waals surface area contributed by atoms with E-state index in [0.717, 1.165) is 33.3 Å². The number of aryl methyl sites for hydroxylation is 1. The van der Waals surface area contributed by atoms with Gasteiger partial charge in [0.15, 0.2) is 0 Å². The lowest BCUT2D eigenvalue weighted by Gasteiger charge is -2.13. The molecule has 5 heteroatoms. The third-order valence-electron chi connectivity index (χ3n) is 4.54. The van der Waals surface area contributed by atoms with Crippen molar-refractivity contribution in [3.8, 4) is 0 Å². The van der Waals surface area contributed by atoms with E-state index in [9.17, 15) is 4.79 Å². The molecule has 1 aromatic heterocycles. The molecule has 0 spiro atoms. The van der Waals surface area contributed by atoms with Crippen LogP contribution in [-0.2, 0) is 11.2 Å². The number of aliphatic imine (C=N–C) groups is 1. The fourth-order valence-electron chi connectivity index (χ4n) is 3.19. The van der Waals surface area contributed by atoms with Crippen LogP contribution in [-0.4, -0.2) is 22.6 Å². The SMILES string of the molecule is O=C1Nc2ncc(Br)cc2CCC1N=C(c1ccccc1)c1ccccc1. The number of carbonyl (C=O) groups is 1. The first-order valence-corrected chi connectivity index (χ1v) is 9.64. The lowest BCUT2D eigenvalue weighted by atomic mass is 10.0. The Morgan fingerprint density at radius 3 is 2.30 bits per heavy atom. The van der Waals surface area contributed by atoms with Crippen molar-refractivity contribution < 1.29 is 4.79 Å². The van der Waals surface area contributed by atoms with Crippen molar-refractivity contribution >= 4 is 33.4 Å². The first-order chi connectivity index (χ1) is 13.2. The number of carbonyl (C=O) groups excluding carboxylic acids is 1. The van der Waals surface area contributed by atoms with E-state index >= 15 is 0 Å². The Labute approximate surface area is 166 Å². The molecule has 134 valence electrons. The second kappa shape index (κ2) is 7.84. The molecule has 27 heavy (non-hydrogen) atoms. The molecular weight excluding hydrogens is 402 g/mol. The van der Waals surface area contributed by atoms with Crippen LogP contribution in [0.15, 0.2) is 82.4 Å². The molecule has 1 unspecified atom stereocenters. The van der Waals surface area contributed by atoms with Crippen LogP contribution >= 0.6 is 15.9 Å². The summed E-state index contributed by atoms with van der Waals surface area (Å²) in [6.07, 6.45) is 3.08. The van der Waals surface area contributed by atoms with Gasteiger partial charge in [-0.3, -0.25) is 9.79 Å². The summed E-state index contributed by atoms with van der Waals surface area (Å²) in [5, 5.41) is 2.93. The van der Waals surface area contributed by atoms with Gasteiger partial charge in [-0.1, -0.05) is 60.7 Å². The van der Waals surface area contributed by atoms with Gasteiger partial charge in [-0.25, -0.2) is 4.98 Å². The topological polar surface area (TPSA) is 54.4 Å². The Kier molecular flexibility index (Phi) is 5.12. The van der Waals surface area contributed by atoms with Crippen LogP contribution in [0.4, 0.5) is 5.82 Å². The zero-order valence-corrected chi connectivity index (χ0v) is 16.2. The molecule has 0 bridgehead atoms. The maximum Gasteiger partial charge on any atom is 0.250 e. The minimum Gasteiger partial charge on any atom is -0.309 e. The molecule has 1 aliphatic heterocycles. The van der Waals surface area contributed by atoms with Gasteiger partial charge in [0.25, 0.3) is 0 Å². The number of halogens is 1. The zero-order chi connectivity index (χ0) is 18.6. The Bertz CT molecular complexity index is 945. The number of fused-ring (bicyclic) bond motifs is 1. The minimum absolute atomic E-state index is 0.118. The summed E-state index contributed by atoms with van der Waals surface area (Å²) in [5.74, 6) is 0.509. The highest BCUT2D eigenvalue weighted by Crippen LogP contribution is 2.25. The molecular formula is C22H18BrN3O. The number of anilines is 1. The van der Waals surface area contributed by atoms with Crippen molar-refractivity contribution in [2.75, 3.05) is 5.32 Å². The molecule has 0 radical (unpaired) electrons. The van der Waals surface area contributed by atoms with E-state index in [1.807, 2.05) is 66.7 Å². The number of hydrogen-bond acceptors (Lipinski definition) is 3. The van der Waals surface area contributed by atoms with Gasteiger partial charge in [0.05, 0.1) is 5.71 Å². The summed E-state index contributed by atoms with van der Waals surface area (Å²) >= 11 is 3.44. The van der Waals surface area contributed by atoms with E-state index in [0.29, 0.717) is 12.2 Å². The van der Waals surface area contributed by atoms with Gasteiger partial charge in [0.2, 0.25) is 5.91 Å². The van der Waals surface area contributed by atoms with Crippen LogP contribution in [0.3, 0.4) is 0 Å². The smallest absolute Gasteiger partial charge is 0.250 e. The lowest BCUT2D eigenvalue weighted by molar-refractivity contribution is -0.117. The van der Waals surface area contributed by atoms with Gasteiger partial charge in [0.1, 0.15) is 11.9 Å². The van der Waals surface area contributed by atoms with Crippen LogP contribution < -0.4 is 5.32 Å². The van der Waals surface area contributed by atoms with Crippen molar-refractivity contribution in [2.24, 2.45) is 4.99 Å². The third-order valence-corrected chi connectivity index (χ3v) is 4.98. The molecule has 0 fully saturated rings. The summed E-state index contributed by atoms with van der Waals surface area (Å²) < 4.78 is 0.909. The Hall–Kier alpha value is -2.79. The van der Waals surface area contributed by atoms with Gasteiger partial charge in [-0.05, 0) is 40.4 Å². The molecule has 1 amide bonds. The standard InChI is InChI=1S/C22H18BrN3O/c23-18-13-17-11-12-19(22(27)26-21(17)24-14-18)25-20(15-7-3-1-4-8-15)16-9-5-2-6-10-16/h1-10,13-14,19H,11-12H2,(H,24,26,27). The molecule has 0 saturated heterocycles. The quantitative estimate of drug-likeness (QED) is 0.628. The number of hydrogen-bond donors (Lipinski definition) is 1. The van der Waals surface area contributed by atoms with Gasteiger partial charge in [-0.15, -0.1) is 0 Å². The molecule has 4 nitrogen and oxygen atoms in total. The van der Waals surface area contributed by atoms with Crippen molar-refractivity contribution in [3.63, 3.8) is 0 Å². The molecule has 2 heterocycles. The van der Waals surface area contributed by atoms with Crippen molar-refractivity contribution in [3.05, 3.63) is 94.1 Å². The molecule has 2 aromatic carbocycles. The van der Waals surface area contributed by atoms with E-state index in [4.69, 9.17) is 4.99 Å². The van der Waals surface area contributed by atoms with E-state index in [-0.39, 0.29) is 5.91 Å². The predicted molar refractivity (Wildman–Crippen MR) is 111 cm³/mol. The molecule has 3 aromatic rings. The van der Waals surface area contributed by atoms with Crippen molar-refractivity contribution in [2.45, 2.75) is 18.9 Å². The van der Waals surface area contributed by atoms with E-state index in [1.54, 1.807) is 6.20 Å². The summed E-state index contributed by atoms with van der Waals surface area (Å²) in [5.41, 5.74) is 3.85. The Morgan fingerprint density at radius 2 is 1.67 bits per heavy atom. The summed E-state index contributed by atoms with van der Waals surface area (Å²) in [4.78, 5) is 22.0. The molecule has 1 N–H and O–H groups in total. The number of aromatic nitrogens is 1. The van der Waals surface area contributed by atoms with Crippen LogP contribution in [0.25, 0.3) is 0 Å². The van der Waals surface area contributed by atoms with Gasteiger partial charge < -0.3 is 5.32 Å². The minimum atomic E-state index is -0.464. The maximum atomic E-state index is 12.8. The van der Waals surface area contributed by atoms with E-state index in [1.165, 1.54) is 0 Å². The largest absolute Gasteiger partial charge is 0.309 e. The van der Waals surface area contributed by atoms with E-state index < -0.39 is 6.04 Å². The monoisotopic (exact) mass is 419 g/mol. The van der Waals surface area contributed by atoms with Crippen LogP contribution in [0.2, 0.25) is 0 Å². The number of nitrogens with one attached hydrogen (secondary N) is 1. The van der Waals surface area contributed by atoms with Gasteiger partial charge in [-0.2, -0.15) is 0 Å². The second-order valence-corrected chi connectivity index (χ2v) is 7.33. The average molecular weight is 420 g/mol. The maximum absolute atomic E-state index is 12.8. The normalized spacial score (nSPS) is 16.0. The van der Waals surface area contributed by atoms with Gasteiger partial charge in [0, 0.05) is 21.8 Å². The van der Waals surface area contributed by atoms with E-state index in [2.05, 4.69) is 26.2 Å². The summed E-state index contributed by atoms with van der Waals surface area (Å²) in [7, 11) is 0. The van der Waals surface area contributed by atoms with Crippen molar-refractivity contribution in [1.82, 2.24) is 4.98 Å². The number of amides is 1. The number of benzene rings is 2. The second-order valence-electron chi connectivity index (χ2n) is 6.41. The highest BCUT2D eigenvalue weighted by atomic mass is 79.9. The average Bonchev–Trinajstić information content (AvgIpc) is 2.86. The predicted octanol–water partition coefficient (Wildman–Crippen LogP) is 4.64. The number of pyridine rings is 1. The molecule has 1 aliphatic rings. The first kappa shape index (κ1) is 17.6. The third kappa shape index (κ3) is 3.98. The fourth-order valence-corrected chi connectivity index (χ4v) is 3.57. The highest BCUT2D eigenvalue weighted by Gasteiger charge is 2.25. The lowest BCUT2D eigenvalue weighted by Crippen LogP contribution is -2.26. The van der Waals surface area contributed by atoms with Crippen LogP contribution in [0.5, 0.6) is 0 Å². The van der Waals surface area contributed by atoms with Gasteiger partial charge >= 0.3 is 0 Å².